The standard InChI is InChI=1S/C28H27N5O2S/c1-17(2)20-11-13-21(14-12-20)29-25(34)16-36-28-31-30-27-32(24-15-18(3)9-10-19(24)4)26(35)22-7-5-6-8-23(22)33(27)28/h5-15,17H,16H2,1-4H3,(H,29,34). The Hall–Kier alpha value is -3.91. The number of nitrogens with one attached hydrogen (secondary N) is 1. The lowest BCUT2D eigenvalue weighted by molar-refractivity contribution is -0.113. The minimum atomic E-state index is -0.154. The molecule has 2 heterocycles. The summed E-state index contributed by atoms with van der Waals surface area (Å²) in [6, 6.07) is 21.3. The first-order chi connectivity index (χ1) is 17.3. The zero-order valence-corrected chi connectivity index (χ0v) is 21.5. The summed E-state index contributed by atoms with van der Waals surface area (Å²) < 4.78 is 3.46. The Morgan fingerprint density at radius 2 is 1.75 bits per heavy atom. The van der Waals surface area contributed by atoms with Gasteiger partial charge in [-0.2, -0.15) is 0 Å². The van der Waals surface area contributed by atoms with Gasteiger partial charge in [0.25, 0.3) is 5.56 Å². The molecule has 0 atom stereocenters. The number of carbonyl (C=O) groups excluding carboxylic acids is 1. The Bertz CT molecular complexity index is 1650. The summed E-state index contributed by atoms with van der Waals surface area (Å²) in [7, 11) is 0. The van der Waals surface area contributed by atoms with Gasteiger partial charge in [-0.15, -0.1) is 10.2 Å². The molecule has 0 aliphatic rings. The SMILES string of the molecule is Cc1ccc(C)c(-n2c(=O)c3ccccc3n3c(SCC(=O)Nc4ccc(C(C)C)cc4)nnc23)c1. The number of nitrogens with zero attached hydrogens (tertiary/aromatic N) is 4. The van der Waals surface area contributed by atoms with Crippen molar-refractivity contribution < 1.29 is 4.79 Å². The minimum Gasteiger partial charge on any atom is -0.325 e. The molecule has 5 rings (SSSR count). The summed E-state index contributed by atoms with van der Waals surface area (Å²) in [6.45, 7) is 8.23. The van der Waals surface area contributed by atoms with Gasteiger partial charge in [0.05, 0.1) is 22.3 Å². The molecule has 0 saturated carbocycles. The number of hydrogen-bond donors (Lipinski definition) is 1. The Kier molecular flexibility index (Phi) is 6.36. The fourth-order valence-corrected chi connectivity index (χ4v) is 4.97. The van der Waals surface area contributed by atoms with Crippen molar-refractivity contribution >= 4 is 40.0 Å². The summed E-state index contributed by atoms with van der Waals surface area (Å²) in [5, 5.41) is 12.8. The summed E-state index contributed by atoms with van der Waals surface area (Å²) in [4.78, 5) is 26.3. The second-order valence-electron chi connectivity index (χ2n) is 9.18. The smallest absolute Gasteiger partial charge is 0.267 e. The monoisotopic (exact) mass is 497 g/mol. The number of hydrogen-bond acceptors (Lipinski definition) is 5. The van der Waals surface area contributed by atoms with Crippen molar-refractivity contribution in [2.45, 2.75) is 38.8 Å². The third kappa shape index (κ3) is 4.40. The second kappa shape index (κ2) is 9.62. The maximum Gasteiger partial charge on any atom is 0.267 e. The highest BCUT2D eigenvalue weighted by atomic mass is 32.2. The molecule has 1 N–H and O–H groups in total. The highest BCUT2D eigenvalue weighted by Crippen LogP contribution is 2.25. The summed E-state index contributed by atoms with van der Waals surface area (Å²) in [5.74, 6) is 0.868. The van der Waals surface area contributed by atoms with Crippen LogP contribution >= 0.6 is 11.8 Å². The van der Waals surface area contributed by atoms with Gasteiger partial charge in [0.15, 0.2) is 5.16 Å². The molecule has 36 heavy (non-hydrogen) atoms. The van der Waals surface area contributed by atoms with Crippen molar-refractivity contribution in [3.05, 3.63) is 93.8 Å². The van der Waals surface area contributed by atoms with Crippen LogP contribution in [0, 0.1) is 13.8 Å². The molecule has 0 radical (unpaired) electrons. The fourth-order valence-electron chi connectivity index (χ4n) is 4.23. The fraction of sp³-hybridized carbons (Fsp3) is 0.214. The van der Waals surface area contributed by atoms with E-state index in [-0.39, 0.29) is 17.2 Å². The zero-order chi connectivity index (χ0) is 25.4. The van der Waals surface area contributed by atoms with E-state index < -0.39 is 0 Å². The van der Waals surface area contributed by atoms with Crippen LogP contribution in [-0.4, -0.2) is 30.8 Å². The van der Waals surface area contributed by atoms with E-state index in [0.29, 0.717) is 27.8 Å². The Labute approximate surface area is 213 Å². The van der Waals surface area contributed by atoms with Crippen LogP contribution in [0.4, 0.5) is 5.69 Å². The average molecular weight is 498 g/mol. The van der Waals surface area contributed by atoms with Gasteiger partial charge in [0, 0.05) is 5.69 Å². The first-order valence-corrected chi connectivity index (χ1v) is 12.8. The van der Waals surface area contributed by atoms with Gasteiger partial charge < -0.3 is 5.32 Å². The van der Waals surface area contributed by atoms with Crippen LogP contribution in [-0.2, 0) is 4.79 Å². The van der Waals surface area contributed by atoms with Gasteiger partial charge in [-0.1, -0.05) is 62.0 Å². The summed E-state index contributed by atoms with van der Waals surface area (Å²) >= 11 is 1.29. The van der Waals surface area contributed by atoms with Gasteiger partial charge in [-0.05, 0) is 66.8 Å². The maximum atomic E-state index is 13.6. The molecule has 0 bridgehead atoms. The second-order valence-corrected chi connectivity index (χ2v) is 10.1. The van der Waals surface area contributed by atoms with E-state index in [2.05, 4.69) is 29.4 Å². The zero-order valence-electron chi connectivity index (χ0n) is 20.6. The molecule has 3 aromatic carbocycles. The van der Waals surface area contributed by atoms with Crippen LogP contribution in [0.1, 0.15) is 36.5 Å². The van der Waals surface area contributed by atoms with Crippen molar-refractivity contribution in [2.24, 2.45) is 0 Å². The Morgan fingerprint density at radius 1 is 1.00 bits per heavy atom. The molecule has 0 aliphatic heterocycles. The van der Waals surface area contributed by atoms with Crippen LogP contribution < -0.4 is 10.9 Å². The molecule has 1 amide bonds. The van der Waals surface area contributed by atoms with E-state index in [1.54, 1.807) is 10.6 Å². The highest BCUT2D eigenvalue weighted by molar-refractivity contribution is 7.99. The van der Waals surface area contributed by atoms with E-state index in [1.165, 1.54) is 17.3 Å². The van der Waals surface area contributed by atoms with Crippen molar-refractivity contribution in [3.63, 3.8) is 0 Å². The van der Waals surface area contributed by atoms with E-state index >= 15 is 0 Å². The molecule has 5 aromatic rings. The number of para-hydroxylation sites is 1. The van der Waals surface area contributed by atoms with Crippen LogP contribution in [0.5, 0.6) is 0 Å². The predicted octanol–water partition coefficient (Wildman–Crippen LogP) is 5.50. The van der Waals surface area contributed by atoms with E-state index in [1.807, 2.05) is 78.9 Å². The van der Waals surface area contributed by atoms with Crippen molar-refractivity contribution in [1.29, 1.82) is 0 Å². The first-order valence-electron chi connectivity index (χ1n) is 11.8. The summed E-state index contributed by atoms with van der Waals surface area (Å²) in [6.07, 6.45) is 0. The highest BCUT2D eigenvalue weighted by Gasteiger charge is 2.19. The predicted molar refractivity (Wildman–Crippen MR) is 145 cm³/mol. The molecule has 0 saturated heterocycles. The Balaban J connectivity index is 1.51. The molecular formula is C28H27N5O2S. The average Bonchev–Trinajstić information content (AvgIpc) is 3.29. The van der Waals surface area contributed by atoms with Gasteiger partial charge >= 0.3 is 0 Å². The topological polar surface area (TPSA) is 81.3 Å². The third-order valence-electron chi connectivity index (χ3n) is 6.19. The number of anilines is 1. The van der Waals surface area contributed by atoms with Gasteiger partial charge in [0.2, 0.25) is 11.7 Å². The van der Waals surface area contributed by atoms with E-state index in [4.69, 9.17) is 0 Å². The van der Waals surface area contributed by atoms with Crippen molar-refractivity contribution in [3.8, 4) is 5.69 Å². The number of carbonyl (C=O) groups is 1. The molecule has 0 spiro atoms. The largest absolute Gasteiger partial charge is 0.325 e. The third-order valence-corrected chi connectivity index (χ3v) is 7.12. The van der Waals surface area contributed by atoms with Crippen LogP contribution in [0.2, 0.25) is 0 Å². The lowest BCUT2D eigenvalue weighted by Crippen LogP contribution is -2.22. The molecule has 182 valence electrons. The van der Waals surface area contributed by atoms with Crippen LogP contribution in [0.15, 0.2) is 76.7 Å². The number of rotatable bonds is 6. The molecule has 8 heteroatoms. The number of aryl methyl sites for hydroxylation is 2. The van der Waals surface area contributed by atoms with Gasteiger partial charge in [-0.3, -0.25) is 14.0 Å². The van der Waals surface area contributed by atoms with E-state index in [9.17, 15) is 9.59 Å². The quantitative estimate of drug-likeness (QED) is 0.313. The number of aromatic nitrogens is 4. The van der Waals surface area contributed by atoms with Crippen molar-refractivity contribution in [2.75, 3.05) is 11.1 Å². The Morgan fingerprint density at radius 3 is 2.50 bits per heavy atom. The lowest BCUT2D eigenvalue weighted by Gasteiger charge is -2.14. The van der Waals surface area contributed by atoms with Gasteiger partial charge in [-0.25, -0.2) is 4.57 Å². The number of amides is 1. The van der Waals surface area contributed by atoms with Crippen LogP contribution in [0.25, 0.3) is 22.4 Å². The molecule has 0 aliphatic carbocycles. The maximum absolute atomic E-state index is 13.6. The minimum absolute atomic E-state index is 0.138. The summed E-state index contributed by atoms with van der Waals surface area (Å²) in [5.41, 5.74) is 5.29. The van der Waals surface area contributed by atoms with Crippen molar-refractivity contribution in [1.82, 2.24) is 19.2 Å². The molecule has 7 nitrogen and oxygen atoms in total. The molecule has 0 unspecified atom stereocenters. The normalized spacial score (nSPS) is 11.5. The lowest BCUT2D eigenvalue weighted by atomic mass is 10.0. The molecule has 0 fully saturated rings. The molecule has 2 aromatic heterocycles. The van der Waals surface area contributed by atoms with Crippen LogP contribution in [0.3, 0.4) is 0 Å². The molecular weight excluding hydrogens is 470 g/mol. The number of thioether (sulfide) groups is 1. The number of fused-ring (bicyclic) bond motifs is 3. The van der Waals surface area contributed by atoms with Gasteiger partial charge in [0.1, 0.15) is 0 Å². The first kappa shape index (κ1) is 23.8. The van der Waals surface area contributed by atoms with E-state index in [0.717, 1.165) is 22.5 Å². The number of benzene rings is 3.